The summed E-state index contributed by atoms with van der Waals surface area (Å²) in [5, 5.41) is 2.71. The molecule has 0 spiro atoms. The average molecular weight is 299 g/mol. The Morgan fingerprint density at radius 1 is 1.23 bits per heavy atom. The lowest BCUT2D eigenvalue weighted by Crippen LogP contribution is -2.21. The van der Waals surface area contributed by atoms with Crippen LogP contribution in [0.15, 0.2) is 48.0 Å². The number of hydrogen-bond donors (Lipinski definition) is 1. The molecule has 5 heteroatoms. The largest absolute Gasteiger partial charge is 0.497 e. The van der Waals surface area contributed by atoms with Gasteiger partial charge in [-0.25, -0.2) is 4.39 Å². The monoisotopic (exact) mass is 299 g/mol. The molecule has 1 aliphatic heterocycles. The number of fused-ring (bicyclic) bond motifs is 1. The van der Waals surface area contributed by atoms with Crippen molar-refractivity contribution in [2.75, 3.05) is 19.0 Å². The zero-order valence-corrected chi connectivity index (χ0v) is 11.9. The summed E-state index contributed by atoms with van der Waals surface area (Å²) in [5.41, 5.74) is 1.81. The molecule has 0 saturated heterocycles. The molecule has 1 N–H and O–H groups in total. The molecule has 1 heterocycles. The second-order valence-electron chi connectivity index (χ2n) is 4.82. The zero-order valence-electron chi connectivity index (χ0n) is 11.9. The van der Waals surface area contributed by atoms with Crippen LogP contribution in [0.1, 0.15) is 5.56 Å². The van der Waals surface area contributed by atoms with Crippen molar-refractivity contribution in [3.63, 3.8) is 0 Å². The fourth-order valence-electron chi connectivity index (χ4n) is 2.16. The Labute approximate surface area is 127 Å². The van der Waals surface area contributed by atoms with Gasteiger partial charge in [0.25, 0.3) is 5.91 Å². The number of ether oxygens (including phenoxy) is 2. The van der Waals surface area contributed by atoms with Crippen molar-refractivity contribution in [3.05, 3.63) is 59.4 Å². The lowest BCUT2D eigenvalue weighted by molar-refractivity contribution is -0.113. The Bertz CT molecular complexity index is 738. The number of carbonyl (C=O) groups excluding carboxylic acids is 1. The summed E-state index contributed by atoms with van der Waals surface area (Å²) in [7, 11) is 1.58. The highest BCUT2D eigenvalue weighted by Crippen LogP contribution is 2.30. The molecule has 2 aromatic carbocycles. The maximum absolute atomic E-state index is 12.9. The zero-order chi connectivity index (χ0) is 15.5. The van der Waals surface area contributed by atoms with Gasteiger partial charge in [0.2, 0.25) is 0 Å². The Morgan fingerprint density at radius 2 is 2.00 bits per heavy atom. The molecular formula is C17H14FNO3. The summed E-state index contributed by atoms with van der Waals surface area (Å²) in [6.07, 6.45) is 1.76. The maximum atomic E-state index is 12.9. The average Bonchev–Trinajstić information content (AvgIpc) is 2.55. The van der Waals surface area contributed by atoms with E-state index >= 15 is 0 Å². The molecule has 1 amide bonds. The molecule has 0 saturated carbocycles. The minimum Gasteiger partial charge on any atom is -0.497 e. The molecule has 0 aromatic heterocycles. The van der Waals surface area contributed by atoms with Crippen molar-refractivity contribution in [1.82, 2.24) is 0 Å². The molecule has 0 unspecified atom stereocenters. The molecule has 3 rings (SSSR count). The van der Waals surface area contributed by atoms with Crippen molar-refractivity contribution >= 4 is 17.7 Å². The predicted octanol–water partition coefficient (Wildman–Crippen LogP) is 3.25. The van der Waals surface area contributed by atoms with E-state index in [1.54, 1.807) is 31.4 Å². The van der Waals surface area contributed by atoms with Crippen LogP contribution >= 0.6 is 0 Å². The van der Waals surface area contributed by atoms with Gasteiger partial charge in [-0.05, 0) is 48.5 Å². The van der Waals surface area contributed by atoms with Crippen LogP contribution in [0.2, 0.25) is 0 Å². The smallest absolute Gasteiger partial charge is 0.255 e. The second kappa shape index (κ2) is 5.89. The molecule has 0 bridgehead atoms. The first-order chi connectivity index (χ1) is 10.7. The molecule has 0 fully saturated rings. The first kappa shape index (κ1) is 14.1. The topological polar surface area (TPSA) is 47.6 Å². The Balaban J connectivity index is 1.80. The second-order valence-corrected chi connectivity index (χ2v) is 4.82. The van der Waals surface area contributed by atoms with Gasteiger partial charge < -0.3 is 14.8 Å². The van der Waals surface area contributed by atoms with Gasteiger partial charge in [-0.1, -0.05) is 0 Å². The van der Waals surface area contributed by atoms with Gasteiger partial charge in [0, 0.05) is 11.3 Å². The van der Waals surface area contributed by atoms with Crippen LogP contribution in [-0.2, 0) is 4.79 Å². The SMILES string of the molecule is COc1ccc2c(c1)C=C(C(=O)Nc1ccc(F)cc1)CO2. The molecule has 0 atom stereocenters. The molecule has 112 valence electrons. The molecule has 1 aliphatic rings. The third-order valence-electron chi connectivity index (χ3n) is 3.32. The highest BCUT2D eigenvalue weighted by Gasteiger charge is 2.18. The number of nitrogens with one attached hydrogen (secondary N) is 1. The number of carbonyl (C=O) groups is 1. The van der Waals surface area contributed by atoms with E-state index in [1.807, 2.05) is 0 Å². The number of hydrogen-bond acceptors (Lipinski definition) is 3. The highest BCUT2D eigenvalue weighted by molar-refractivity contribution is 6.07. The van der Waals surface area contributed by atoms with Crippen LogP contribution in [0.5, 0.6) is 11.5 Å². The van der Waals surface area contributed by atoms with Crippen LogP contribution < -0.4 is 14.8 Å². The highest BCUT2D eigenvalue weighted by atomic mass is 19.1. The van der Waals surface area contributed by atoms with E-state index in [2.05, 4.69) is 5.32 Å². The third kappa shape index (κ3) is 2.93. The fraction of sp³-hybridized carbons (Fsp3) is 0.118. The number of rotatable bonds is 3. The van der Waals surface area contributed by atoms with Gasteiger partial charge in [-0.15, -0.1) is 0 Å². The lowest BCUT2D eigenvalue weighted by atomic mass is 10.1. The van der Waals surface area contributed by atoms with E-state index in [4.69, 9.17) is 9.47 Å². The number of anilines is 1. The van der Waals surface area contributed by atoms with E-state index in [0.717, 1.165) is 5.56 Å². The molecule has 0 radical (unpaired) electrons. The molecule has 22 heavy (non-hydrogen) atoms. The van der Waals surface area contributed by atoms with Gasteiger partial charge in [0.1, 0.15) is 23.9 Å². The summed E-state index contributed by atoms with van der Waals surface area (Å²) in [6, 6.07) is 11.0. The minimum atomic E-state index is -0.348. The van der Waals surface area contributed by atoms with Gasteiger partial charge in [0.05, 0.1) is 12.7 Å². The summed E-state index contributed by atoms with van der Waals surface area (Å²) in [4.78, 5) is 12.2. The Hall–Kier alpha value is -2.82. The Morgan fingerprint density at radius 3 is 2.73 bits per heavy atom. The van der Waals surface area contributed by atoms with E-state index in [-0.39, 0.29) is 18.3 Å². The van der Waals surface area contributed by atoms with Gasteiger partial charge in [-0.2, -0.15) is 0 Å². The normalized spacial score (nSPS) is 12.7. The summed E-state index contributed by atoms with van der Waals surface area (Å²) in [5.74, 6) is 0.775. The molecule has 0 aliphatic carbocycles. The van der Waals surface area contributed by atoms with Gasteiger partial charge in [0.15, 0.2) is 0 Å². The van der Waals surface area contributed by atoms with E-state index < -0.39 is 0 Å². The van der Waals surface area contributed by atoms with Crippen LogP contribution in [-0.4, -0.2) is 19.6 Å². The standard InChI is InChI=1S/C17H14FNO3/c1-21-15-6-7-16-11(9-15)8-12(10-22-16)17(20)19-14-4-2-13(18)3-5-14/h2-9H,10H2,1H3,(H,19,20). The number of benzene rings is 2. The first-order valence-corrected chi connectivity index (χ1v) is 6.74. The molecule has 4 nitrogen and oxygen atoms in total. The summed E-state index contributed by atoms with van der Waals surface area (Å²) in [6.45, 7) is 0.187. The minimum absolute atomic E-state index is 0.187. The van der Waals surface area contributed by atoms with Crippen molar-refractivity contribution in [2.45, 2.75) is 0 Å². The van der Waals surface area contributed by atoms with Crippen molar-refractivity contribution in [3.8, 4) is 11.5 Å². The van der Waals surface area contributed by atoms with Crippen molar-refractivity contribution in [1.29, 1.82) is 0 Å². The van der Waals surface area contributed by atoms with Crippen LogP contribution in [0.25, 0.3) is 6.08 Å². The van der Waals surface area contributed by atoms with Crippen LogP contribution in [0.3, 0.4) is 0 Å². The number of methoxy groups -OCH3 is 1. The maximum Gasteiger partial charge on any atom is 0.255 e. The third-order valence-corrected chi connectivity index (χ3v) is 3.32. The summed E-state index contributed by atoms with van der Waals surface area (Å²) < 4.78 is 23.6. The van der Waals surface area contributed by atoms with Gasteiger partial charge >= 0.3 is 0 Å². The number of amides is 1. The first-order valence-electron chi connectivity index (χ1n) is 6.74. The van der Waals surface area contributed by atoms with E-state index in [1.165, 1.54) is 24.3 Å². The predicted molar refractivity (Wildman–Crippen MR) is 81.5 cm³/mol. The Kier molecular flexibility index (Phi) is 3.78. The van der Waals surface area contributed by atoms with E-state index in [9.17, 15) is 9.18 Å². The lowest BCUT2D eigenvalue weighted by Gasteiger charge is -2.18. The fourth-order valence-corrected chi connectivity index (χ4v) is 2.16. The van der Waals surface area contributed by atoms with E-state index in [0.29, 0.717) is 22.8 Å². The number of halogens is 1. The molecular weight excluding hydrogens is 285 g/mol. The van der Waals surface area contributed by atoms with Crippen molar-refractivity contribution < 1.29 is 18.7 Å². The van der Waals surface area contributed by atoms with Gasteiger partial charge in [-0.3, -0.25) is 4.79 Å². The quantitative estimate of drug-likeness (QED) is 0.946. The molecule has 2 aromatic rings. The van der Waals surface area contributed by atoms with Crippen LogP contribution in [0, 0.1) is 5.82 Å². The summed E-state index contributed by atoms with van der Waals surface area (Å²) >= 11 is 0. The van der Waals surface area contributed by atoms with Crippen molar-refractivity contribution in [2.24, 2.45) is 0 Å². The van der Waals surface area contributed by atoms with Crippen LogP contribution in [0.4, 0.5) is 10.1 Å².